The highest BCUT2D eigenvalue weighted by Crippen LogP contribution is 2.52. The minimum Gasteiger partial charge on any atom is -0.496 e. The van der Waals surface area contributed by atoms with Crippen molar-refractivity contribution >= 4 is 0 Å². The van der Waals surface area contributed by atoms with Crippen molar-refractivity contribution in [3.8, 4) is 0 Å². The van der Waals surface area contributed by atoms with Crippen molar-refractivity contribution in [3.05, 3.63) is 47.7 Å². The van der Waals surface area contributed by atoms with Crippen molar-refractivity contribution in [2.45, 2.75) is 30.7 Å². The van der Waals surface area contributed by atoms with Gasteiger partial charge in [-0.25, -0.2) is 0 Å². The summed E-state index contributed by atoms with van der Waals surface area (Å²) in [5.74, 6) is 1.00. The van der Waals surface area contributed by atoms with Crippen LogP contribution in [0.15, 0.2) is 42.2 Å². The lowest BCUT2D eigenvalue weighted by Crippen LogP contribution is -2.36. The fourth-order valence-corrected chi connectivity index (χ4v) is 2.61. The molecule has 1 unspecified atom stereocenters. The van der Waals surface area contributed by atoms with Crippen LogP contribution in [0.2, 0.25) is 0 Å². The minimum absolute atomic E-state index is 0.0393. The standard InChI is InChI=1S/C14H17NO/c15-13(12-7-4-10-16-12)14(8-9-14)11-5-2-1-3-6-11/h1-3,5-7,13H,4,8-10,15H2. The van der Waals surface area contributed by atoms with Crippen LogP contribution < -0.4 is 5.73 Å². The predicted molar refractivity (Wildman–Crippen MR) is 64.0 cm³/mol. The van der Waals surface area contributed by atoms with Crippen LogP contribution in [-0.4, -0.2) is 12.6 Å². The highest BCUT2D eigenvalue weighted by Gasteiger charge is 2.51. The molecule has 0 amide bonds. The third-order valence-corrected chi connectivity index (χ3v) is 3.77. The maximum absolute atomic E-state index is 6.36. The first-order chi connectivity index (χ1) is 7.83. The van der Waals surface area contributed by atoms with Crippen LogP contribution in [-0.2, 0) is 10.2 Å². The lowest BCUT2D eigenvalue weighted by atomic mass is 9.87. The minimum atomic E-state index is 0.0393. The molecule has 0 radical (unpaired) electrons. The van der Waals surface area contributed by atoms with Gasteiger partial charge in [0.15, 0.2) is 0 Å². The zero-order valence-electron chi connectivity index (χ0n) is 9.36. The molecule has 16 heavy (non-hydrogen) atoms. The summed E-state index contributed by atoms with van der Waals surface area (Å²) in [6.45, 7) is 0.800. The first-order valence-corrected chi connectivity index (χ1v) is 5.97. The molecule has 0 aromatic heterocycles. The van der Waals surface area contributed by atoms with E-state index in [1.54, 1.807) is 0 Å². The number of ether oxygens (including phenoxy) is 1. The van der Waals surface area contributed by atoms with Crippen LogP contribution in [0.3, 0.4) is 0 Å². The van der Waals surface area contributed by atoms with E-state index in [1.165, 1.54) is 18.4 Å². The summed E-state index contributed by atoms with van der Waals surface area (Å²) in [5, 5.41) is 0. The Labute approximate surface area is 96.1 Å². The van der Waals surface area contributed by atoms with Crippen molar-refractivity contribution in [2.24, 2.45) is 5.73 Å². The molecule has 1 aromatic carbocycles. The summed E-state index contributed by atoms with van der Waals surface area (Å²) in [4.78, 5) is 0. The molecule has 2 nitrogen and oxygen atoms in total. The molecule has 84 valence electrons. The number of hydrogen-bond donors (Lipinski definition) is 1. The molecule has 2 N–H and O–H groups in total. The van der Waals surface area contributed by atoms with Crippen molar-refractivity contribution in [1.82, 2.24) is 0 Å². The fraction of sp³-hybridized carbons (Fsp3) is 0.429. The molecule has 1 aliphatic carbocycles. The summed E-state index contributed by atoms with van der Waals surface area (Å²) in [7, 11) is 0. The smallest absolute Gasteiger partial charge is 0.110 e. The van der Waals surface area contributed by atoms with Gasteiger partial charge in [0, 0.05) is 11.8 Å². The molecule has 2 heteroatoms. The monoisotopic (exact) mass is 215 g/mol. The third kappa shape index (κ3) is 1.45. The molecule has 1 heterocycles. The van der Waals surface area contributed by atoms with E-state index in [4.69, 9.17) is 10.5 Å². The van der Waals surface area contributed by atoms with Crippen LogP contribution in [0.25, 0.3) is 0 Å². The summed E-state index contributed by atoms with van der Waals surface area (Å²) in [6.07, 6.45) is 5.51. The highest BCUT2D eigenvalue weighted by molar-refractivity contribution is 5.37. The summed E-state index contributed by atoms with van der Waals surface area (Å²) >= 11 is 0. The van der Waals surface area contributed by atoms with Gasteiger partial charge in [0.2, 0.25) is 0 Å². The summed E-state index contributed by atoms with van der Waals surface area (Å²) in [5.41, 5.74) is 7.87. The molecular formula is C14H17NO. The molecule has 0 bridgehead atoms. The van der Waals surface area contributed by atoms with Gasteiger partial charge in [-0.15, -0.1) is 0 Å². The lowest BCUT2D eigenvalue weighted by Gasteiger charge is -2.24. The number of nitrogens with two attached hydrogens (primary N) is 1. The number of rotatable bonds is 3. The topological polar surface area (TPSA) is 35.2 Å². The van der Waals surface area contributed by atoms with E-state index in [-0.39, 0.29) is 11.5 Å². The molecule has 3 rings (SSSR count). The van der Waals surface area contributed by atoms with E-state index in [9.17, 15) is 0 Å². The van der Waals surface area contributed by atoms with Crippen LogP contribution in [0.5, 0.6) is 0 Å². The summed E-state index contributed by atoms with van der Waals surface area (Å²) in [6, 6.07) is 10.6. The molecule has 0 saturated heterocycles. The number of benzene rings is 1. The van der Waals surface area contributed by atoms with Crippen LogP contribution in [0.4, 0.5) is 0 Å². The van der Waals surface area contributed by atoms with E-state index < -0.39 is 0 Å². The van der Waals surface area contributed by atoms with Crippen molar-refractivity contribution in [3.63, 3.8) is 0 Å². The Hall–Kier alpha value is -1.28. The van der Waals surface area contributed by atoms with Gasteiger partial charge in [0.05, 0.1) is 12.6 Å². The van der Waals surface area contributed by atoms with E-state index in [2.05, 4.69) is 36.4 Å². The predicted octanol–water partition coefficient (Wildman–Crippen LogP) is 2.35. The maximum atomic E-state index is 6.36. The molecule has 2 aliphatic rings. The lowest BCUT2D eigenvalue weighted by molar-refractivity contribution is 0.214. The Morgan fingerprint density at radius 3 is 2.50 bits per heavy atom. The second kappa shape index (κ2) is 3.63. The molecule has 1 saturated carbocycles. The van der Waals surface area contributed by atoms with Crippen molar-refractivity contribution in [2.75, 3.05) is 6.61 Å². The first-order valence-electron chi connectivity index (χ1n) is 5.97. The van der Waals surface area contributed by atoms with E-state index >= 15 is 0 Å². The Kier molecular flexibility index (Phi) is 2.25. The van der Waals surface area contributed by atoms with Crippen LogP contribution in [0.1, 0.15) is 24.8 Å². The Morgan fingerprint density at radius 2 is 1.94 bits per heavy atom. The maximum Gasteiger partial charge on any atom is 0.110 e. The molecule has 1 atom stereocenters. The van der Waals surface area contributed by atoms with Gasteiger partial charge in [-0.05, 0) is 24.5 Å². The van der Waals surface area contributed by atoms with Gasteiger partial charge >= 0.3 is 0 Å². The normalized spacial score (nSPS) is 23.4. The molecule has 1 fully saturated rings. The Balaban J connectivity index is 1.88. The second-order valence-corrected chi connectivity index (χ2v) is 4.74. The average molecular weight is 215 g/mol. The van der Waals surface area contributed by atoms with Crippen molar-refractivity contribution in [1.29, 1.82) is 0 Å². The molecule has 1 aromatic rings. The van der Waals surface area contributed by atoms with Gasteiger partial charge in [-0.3, -0.25) is 0 Å². The second-order valence-electron chi connectivity index (χ2n) is 4.74. The van der Waals surface area contributed by atoms with Gasteiger partial charge in [-0.1, -0.05) is 30.3 Å². The van der Waals surface area contributed by atoms with Gasteiger partial charge < -0.3 is 10.5 Å². The van der Waals surface area contributed by atoms with Crippen LogP contribution in [0, 0.1) is 0 Å². The zero-order valence-corrected chi connectivity index (χ0v) is 9.36. The summed E-state index contributed by atoms with van der Waals surface area (Å²) < 4.78 is 5.60. The zero-order chi connectivity index (χ0) is 11.0. The van der Waals surface area contributed by atoms with Gasteiger partial charge in [0.25, 0.3) is 0 Å². The SMILES string of the molecule is NC(C1=CCCO1)C1(c2ccccc2)CC1. The highest BCUT2D eigenvalue weighted by atomic mass is 16.5. The molecular weight excluding hydrogens is 198 g/mol. The quantitative estimate of drug-likeness (QED) is 0.840. The third-order valence-electron chi connectivity index (χ3n) is 3.77. The molecule has 0 spiro atoms. The first kappa shape index (κ1) is 9.91. The average Bonchev–Trinajstić information content (AvgIpc) is 2.97. The van der Waals surface area contributed by atoms with Crippen molar-refractivity contribution < 1.29 is 4.74 Å². The Bertz CT molecular complexity index is 406. The van der Waals surface area contributed by atoms with E-state index in [1.807, 2.05) is 0 Å². The molecule has 1 aliphatic heterocycles. The van der Waals surface area contributed by atoms with Gasteiger partial charge in [0.1, 0.15) is 5.76 Å². The fourth-order valence-electron chi connectivity index (χ4n) is 2.61. The largest absolute Gasteiger partial charge is 0.496 e. The van der Waals surface area contributed by atoms with E-state index in [0.29, 0.717) is 0 Å². The van der Waals surface area contributed by atoms with Crippen LogP contribution >= 0.6 is 0 Å². The Morgan fingerprint density at radius 1 is 1.19 bits per heavy atom. The van der Waals surface area contributed by atoms with E-state index in [0.717, 1.165) is 18.8 Å². The number of hydrogen-bond acceptors (Lipinski definition) is 2. The van der Waals surface area contributed by atoms with Gasteiger partial charge in [-0.2, -0.15) is 0 Å².